The third kappa shape index (κ3) is 4.42. The molecule has 4 rings (SSSR count). The lowest BCUT2D eigenvalue weighted by Gasteiger charge is -2.26. The van der Waals surface area contributed by atoms with E-state index in [0.29, 0.717) is 5.69 Å². The normalized spacial score (nSPS) is 15.9. The minimum atomic E-state index is -0.515. The lowest BCUT2D eigenvalue weighted by atomic mass is 10.0. The van der Waals surface area contributed by atoms with Crippen molar-refractivity contribution in [3.05, 3.63) is 53.6 Å². The van der Waals surface area contributed by atoms with Crippen LogP contribution in [0.15, 0.2) is 42.5 Å². The van der Waals surface area contributed by atoms with E-state index in [1.54, 1.807) is 18.7 Å². The molecule has 1 aliphatic heterocycles. The van der Waals surface area contributed by atoms with Gasteiger partial charge in [0.2, 0.25) is 0 Å². The first-order valence-corrected chi connectivity index (χ1v) is 10.7. The van der Waals surface area contributed by atoms with E-state index >= 15 is 0 Å². The van der Waals surface area contributed by atoms with Crippen LogP contribution in [0.5, 0.6) is 0 Å². The second kappa shape index (κ2) is 8.78. The Morgan fingerprint density at radius 1 is 1.00 bits per heavy atom. The maximum absolute atomic E-state index is 13.3. The lowest BCUT2D eigenvalue weighted by Crippen LogP contribution is -2.30. The number of nitrogens with zero attached hydrogens (tertiary/aromatic N) is 1. The monoisotopic (exact) mass is 408 g/mol. The van der Waals surface area contributed by atoms with E-state index < -0.39 is 6.09 Å². The Morgan fingerprint density at radius 2 is 1.70 bits per heavy atom. The van der Waals surface area contributed by atoms with Gasteiger partial charge < -0.3 is 9.47 Å². The molecule has 0 spiro atoms. The number of para-hydroxylation sites is 1. The van der Waals surface area contributed by atoms with Gasteiger partial charge in [0, 0.05) is 5.69 Å². The van der Waals surface area contributed by atoms with E-state index in [0.717, 1.165) is 61.0 Å². The molecule has 1 saturated carbocycles. The molecule has 0 unspecified atom stereocenters. The number of hydrogen-bond donors (Lipinski definition) is 1. The highest BCUT2D eigenvalue weighted by Gasteiger charge is 2.30. The first kappa shape index (κ1) is 20.3. The van der Waals surface area contributed by atoms with Crippen LogP contribution < -0.4 is 10.2 Å². The Kier molecular flexibility index (Phi) is 5.93. The van der Waals surface area contributed by atoms with Gasteiger partial charge in [-0.1, -0.05) is 24.3 Å². The molecule has 30 heavy (non-hydrogen) atoms. The van der Waals surface area contributed by atoms with Gasteiger partial charge in [0.1, 0.15) is 6.10 Å². The summed E-state index contributed by atoms with van der Waals surface area (Å²) in [6.07, 6.45) is 4.53. The highest BCUT2D eigenvalue weighted by Crippen LogP contribution is 2.38. The first-order chi connectivity index (χ1) is 14.5. The summed E-state index contributed by atoms with van der Waals surface area (Å²) in [7, 11) is 0. The largest absolute Gasteiger partial charge is 0.447 e. The summed E-state index contributed by atoms with van der Waals surface area (Å²) in [6.45, 7) is 3.60. The topological polar surface area (TPSA) is 67.9 Å². The van der Waals surface area contributed by atoms with Crippen molar-refractivity contribution in [2.45, 2.75) is 64.6 Å². The number of benzene rings is 2. The van der Waals surface area contributed by atoms with Gasteiger partial charge in [-0.25, -0.2) is 14.5 Å². The van der Waals surface area contributed by atoms with Crippen molar-refractivity contribution in [3.63, 3.8) is 0 Å². The Hall–Kier alpha value is -3.02. The molecular weight excluding hydrogens is 380 g/mol. The fourth-order valence-corrected chi connectivity index (χ4v) is 4.16. The van der Waals surface area contributed by atoms with E-state index in [4.69, 9.17) is 9.47 Å². The molecule has 0 saturated heterocycles. The number of ether oxygens (including phenoxy) is 2. The van der Waals surface area contributed by atoms with Gasteiger partial charge in [0.15, 0.2) is 0 Å². The average Bonchev–Trinajstić information content (AvgIpc) is 3.14. The molecule has 0 atom stereocenters. The van der Waals surface area contributed by atoms with Crippen LogP contribution in [-0.4, -0.2) is 24.4 Å². The minimum absolute atomic E-state index is 0.0290. The third-order valence-corrected chi connectivity index (χ3v) is 5.56. The van der Waals surface area contributed by atoms with Crippen molar-refractivity contribution in [3.8, 4) is 0 Å². The van der Waals surface area contributed by atoms with Crippen LogP contribution in [0.25, 0.3) is 0 Å². The summed E-state index contributed by atoms with van der Waals surface area (Å²) >= 11 is 0. The van der Waals surface area contributed by atoms with Gasteiger partial charge in [-0.05, 0) is 81.7 Å². The van der Waals surface area contributed by atoms with E-state index in [-0.39, 0.29) is 18.3 Å². The molecule has 0 radical (unpaired) electrons. The second-order valence-electron chi connectivity index (χ2n) is 8.18. The van der Waals surface area contributed by atoms with Crippen molar-refractivity contribution >= 4 is 29.2 Å². The quantitative estimate of drug-likeness (QED) is 0.680. The molecule has 2 aromatic carbocycles. The zero-order valence-electron chi connectivity index (χ0n) is 17.5. The molecule has 2 amide bonds. The molecule has 6 nitrogen and oxygen atoms in total. The summed E-state index contributed by atoms with van der Waals surface area (Å²) in [4.78, 5) is 27.0. The molecule has 1 aliphatic carbocycles. The van der Waals surface area contributed by atoms with Crippen molar-refractivity contribution in [2.24, 2.45) is 0 Å². The van der Waals surface area contributed by atoms with Crippen LogP contribution in [-0.2, 0) is 22.3 Å². The van der Waals surface area contributed by atoms with E-state index in [2.05, 4.69) is 11.4 Å². The Morgan fingerprint density at radius 3 is 2.43 bits per heavy atom. The molecular formula is C24H28N2O4. The Bertz CT molecular complexity index is 935. The smallest absolute Gasteiger partial charge is 0.419 e. The number of nitrogens with one attached hydrogen (secondary N) is 1. The van der Waals surface area contributed by atoms with Crippen molar-refractivity contribution in [2.75, 3.05) is 10.2 Å². The first-order valence-electron chi connectivity index (χ1n) is 10.7. The molecule has 1 heterocycles. The predicted octanol–water partition coefficient (Wildman–Crippen LogP) is 5.96. The van der Waals surface area contributed by atoms with E-state index in [1.807, 2.05) is 36.4 Å². The number of anilines is 3. The van der Waals surface area contributed by atoms with Gasteiger partial charge in [-0.15, -0.1) is 0 Å². The zero-order chi connectivity index (χ0) is 21.1. The van der Waals surface area contributed by atoms with Crippen LogP contribution in [0.1, 0.15) is 50.7 Å². The maximum Gasteiger partial charge on any atom is 0.419 e. The fraction of sp³-hybridized carbons (Fsp3) is 0.417. The zero-order valence-corrected chi connectivity index (χ0v) is 17.5. The Labute approximate surface area is 177 Å². The molecule has 2 aromatic rings. The number of carbonyl (C=O) groups excluding carboxylic acids is 2. The SMILES string of the molecule is CC(C)OC(=O)Nc1ccc2c(c1)N(C(=O)OC1CCCC1)c1ccccc1CC2. The summed E-state index contributed by atoms with van der Waals surface area (Å²) in [5.74, 6) is 0. The lowest BCUT2D eigenvalue weighted by molar-refractivity contribution is 0.110. The molecule has 1 N–H and O–H groups in total. The predicted molar refractivity (Wildman–Crippen MR) is 116 cm³/mol. The standard InChI is InChI=1S/C24H28N2O4/c1-16(2)29-23(27)25-19-14-13-18-12-11-17-7-3-6-10-21(17)26(22(18)15-19)24(28)30-20-8-4-5-9-20/h3,6-7,10,13-16,20H,4-5,8-9,11-12H2,1-2H3,(H,25,27). The Balaban J connectivity index is 1.69. The van der Waals surface area contributed by atoms with Crippen LogP contribution in [0.4, 0.5) is 26.7 Å². The summed E-state index contributed by atoms with van der Waals surface area (Å²) < 4.78 is 11.1. The van der Waals surface area contributed by atoms with Crippen LogP contribution >= 0.6 is 0 Å². The number of fused-ring (bicyclic) bond motifs is 2. The molecule has 0 aromatic heterocycles. The second-order valence-corrected chi connectivity index (χ2v) is 8.18. The van der Waals surface area contributed by atoms with Crippen LogP contribution in [0.3, 0.4) is 0 Å². The van der Waals surface area contributed by atoms with Gasteiger partial charge in [-0.2, -0.15) is 0 Å². The van der Waals surface area contributed by atoms with Gasteiger partial charge in [-0.3, -0.25) is 5.32 Å². The van der Waals surface area contributed by atoms with Crippen LogP contribution in [0.2, 0.25) is 0 Å². The summed E-state index contributed by atoms with van der Waals surface area (Å²) in [5, 5.41) is 2.76. The number of amides is 2. The molecule has 6 heteroatoms. The van der Waals surface area contributed by atoms with Crippen molar-refractivity contribution in [1.29, 1.82) is 0 Å². The number of rotatable bonds is 3. The summed E-state index contributed by atoms with van der Waals surface area (Å²) in [5.41, 5.74) is 4.30. The van der Waals surface area contributed by atoms with E-state index in [1.165, 1.54) is 0 Å². The van der Waals surface area contributed by atoms with Gasteiger partial charge in [0.05, 0.1) is 17.5 Å². The summed E-state index contributed by atoms with van der Waals surface area (Å²) in [6, 6.07) is 13.6. The van der Waals surface area contributed by atoms with Gasteiger partial charge >= 0.3 is 12.2 Å². The molecule has 0 bridgehead atoms. The maximum atomic E-state index is 13.3. The van der Waals surface area contributed by atoms with Crippen molar-refractivity contribution < 1.29 is 19.1 Å². The number of hydrogen-bond acceptors (Lipinski definition) is 4. The molecule has 158 valence electrons. The third-order valence-electron chi connectivity index (χ3n) is 5.56. The minimum Gasteiger partial charge on any atom is -0.447 e. The van der Waals surface area contributed by atoms with E-state index in [9.17, 15) is 9.59 Å². The fourth-order valence-electron chi connectivity index (χ4n) is 4.16. The van der Waals surface area contributed by atoms with Crippen molar-refractivity contribution in [1.82, 2.24) is 0 Å². The average molecular weight is 408 g/mol. The van der Waals surface area contributed by atoms with Crippen LogP contribution in [0, 0.1) is 0 Å². The highest BCUT2D eigenvalue weighted by atomic mass is 16.6. The number of aryl methyl sites for hydroxylation is 2. The number of carbonyl (C=O) groups is 2. The molecule has 1 fully saturated rings. The highest BCUT2D eigenvalue weighted by molar-refractivity contribution is 5.99. The van der Waals surface area contributed by atoms with Gasteiger partial charge in [0.25, 0.3) is 0 Å². The molecule has 2 aliphatic rings.